The predicted octanol–water partition coefficient (Wildman–Crippen LogP) is -11.1. The van der Waals surface area contributed by atoms with E-state index in [1.165, 1.54) is 0 Å². The van der Waals surface area contributed by atoms with Crippen LogP contribution < -0.4 is 0 Å². The van der Waals surface area contributed by atoms with E-state index in [1.54, 1.807) is 0 Å². The van der Waals surface area contributed by atoms with E-state index in [2.05, 4.69) is 4.74 Å². The van der Waals surface area contributed by atoms with Crippen LogP contribution in [0.5, 0.6) is 0 Å². The van der Waals surface area contributed by atoms with Gasteiger partial charge in [0.2, 0.25) is 5.60 Å². The van der Waals surface area contributed by atoms with Crippen LogP contribution in [0.2, 0.25) is 0 Å². The van der Waals surface area contributed by atoms with Crippen LogP contribution in [0.1, 0.15) is 12.8 Å². The molecule has 0 rings (SSSR count). The van der Waals surface area contributed by atoms with Crippen molar-refractivity contribution < 1.29 is 119 Å². The molecule has 324 valence electrons. The summed E-state index contributed by atoms with van der Waals surface area (Å²) < 4.78 is 4.63. The zero-order valence-corrected chi connectivity index (χ0v) is 28.1. The monoisotopic (exact) mass is 962 g/mol. The zero-order valence-electron chi connectivity index (χ0n) is 28.1. The summed E-state index contributed by atoms with van der Waals surface area (Å²) in [5.41, 5.74) is -2.96. The zero-order chi connectivity index (χ0) is 40.8. The molecule has 0 heterocycles. The van der Waals surface area contributed by atoms with E-state index in [0.29, 0.717) is 0 Å². The quantitative estimate of drug-likeness (QED) is 0.0257. The molecule has 0 amide bonds. The molecule has 0 bridgehead atoms. The summed E-state index contributed by atoms with van der Waals surface area (Å²) >= 11 is 0. The second kappa shape index (κ2) is 48.9. The molecule has 0 atom stereocenters. The Morgan fingerprint density at radius 1 is 0.328 bits per heavy atom. The van der Waals surface area contributed by atoms with Gasteiger partial charge in [0.25, 0.3) is 0 Å². The maximum atomic E-state index is 12.2. The molecule has 0 saturated carbocycles. The van der Waals surface area contributed by atoms with Gasteiger partial charge in [-0.2, -0.15) is 0 Å². The van der Waals surface area contributed by atoms with E-state index in [4.69, 9.17) is 46.0 Å². The number of aliphatic carboxylic acids is 10. The van der Waals surface area contributed by atoms with E-state index in [9.17, 15) is 57.8 Å². The molecule has 0 radical (unpaired) electrons. The minimum atomic E-state index is -2.96. The van der Waals surface area contributed by atoms with Crippen molar-refractivity contribution in [2.24, 2.45) is 0 Å². The molecule has 0 fully saturated rings. The number of ether oxygens (including phenoxy) is 1. The first kappa shape index (κ1) is 88.6. The average Bonchev–Trinajstić information content (AvgIpc) is 2.91. The predicted molar refractivity (Wildman–Crippen MR) is 217 cm³/mol. The number of nitrogens with zero attached hydrogens (tertiary/aromatic N) is 4. The van der Waals surface area contributed by atoms with Crippen molar-refractivity contribution in [2.45, 2.75) is 18.4 Å². The normalized spacial score (nSPS) is 9.38. The Labute approximate surface area is 501 Å². The van der Waals surface area contributed by atoms with Crippen molar-refractivity contribution in [1.29, 1.82) is 0 Å². The number of carbonyl (C=O) groups is 11. The molecule has 0 aromatic rings. The van der Waals surface area contributed by atoms with Crippen LogP contribution in [0.4, 0.5) is 0 Å². The number of carboxylic acids is 10. The van der Waals surface area contributed by atoms with Crippen molar-refractivity contribution >= 4 is 273 Å². The van der Waals surface area contributed by atoms with Gasteiger partial charge in [0.1, 0.15) is 0 Å². The van der Waals surface area contributed by atoms with Gasteiger partial charge >= 0.3 is 273 Å². The van der Waals surface area contributed by atoms with Gasteiger partial charge in [0.05, 0.1) is 65.2 Å². The first-order valence-corrected chi connectivity index (χ1v) is 14.2. The summed E-state index contributed by atoms with van der Waals surface area (Å²) in [5.74, 6) is -16.2. The fraction of sp³-hybridized carbons (Fsp3) is 0.577. The second-order valence-electron chi connectivity index (χ2n) is 10.5. The Morgan fingerprint density at radius 2 is 0.508 bits per heavy atom. The third-order valence-corrected chi connectivity index (χ3v) is 5.90. The maximum absolute atomic E-state index is 12.2. The fourth-order valence-electron chi connectivity index (χ4n) is 4.01. The van der Waals surface area contributed by atoms with Crippen LogP contribution in [-0.4, -0.2) is 438 Å². The molecule has 0 aliphatic heterocycles. The molecule has 0 spiro atoms. The number of hydrogen-bond acceptors (Lipinski definition) is 16. The molecule has 0 aromatic carbocycles. The third-order valence-electron chi connectivity index (χ3n) is 5.90. The first-order chi connectivity index (χ1) is 23.9. The van der Waals surface area contributed by atoms with E-state index in [1.807, 2.05) is 0 Å². The van der Waals surface area contributed by atoms with Crippen LogP contribution in [-0.2, 0) is 57.5 Å². The number of hydrogen-bond donors (Lipinski definition) is 10. The molecule has 61 heavy (non-hydrogen) atoms. The molecule has 0 unspecified atom stereocenters. The molecular weight excluding hydrogens is 913 g/mol. The summed E-state index contributed by atoms with van der Waals surface area (Å²) in [6.45, 7) is -6.14. The number of carboxylic acid groups (broad SMARTS) is 10. The van der Waals surface area contributed by atoms with E-state index >= 15 is 0 Å². The summed E-state index contributed by atoms with van der Waals surface area (Å²) in [7, 11) is 0. The van der Waals surface area contributed by atoms with E-state index < -0.39 is 136 Å². The molecule has 0 aromatic heterocycles. The number of carbonyl (C=O) groups excluding carboxylic acids is 1. The average molecular weight is 963 g/mol. The molecule has 35 heteroatoms. The van der Waals surface area contributed by atoms with E-state index in [-0.39, 0.29) is 244 Å². The van der Waals surface area contributed by atoms with Crippen LogP contribution in [0.25, 0.3) is 0 Å². The molecule has 28 nitrogen and oxygen atoms in total. The molecule has 0 saturated heterocycles. The van der Waals surface area contributed by atoms with Crippen LogP contribution >= 0.6 is 0 Å². The van der Waals surface area contributed by atoms with E-state index in [0.717, 1.165) is 19.6 Å². The van der Waals surface area contributed by atoms with Crippen molar-refractivity contribution in [3.05, 3.63) is 0 Å². The third kappa shape index (κ3) is 51.8. The number of rotatable bonds is 28. The first-order valence-electron chi connectivity index (χ1n) is 14.2. The van der Waals surface area contributed by atoms with Crippen LogP contribution in [0.15, 0.2) is 0 Å². The van der Waals surface area contributed by atoms with Gasteiger partial charge in [0, 0.05) is 26.2 Å². The van der Waals surface area contributed by atoms with Crippen molar-refractivity contribution in [1.82, 2.24) is 19.6 Å². The van der Waals surface area contributed by atoms with Crippen LogP contribution in [0.3, 0.4) is 0 Å². The molecule has 0 aliphatic carbocycles. The minimum absolute atomic E-state index is 0. The molecular formula is C26H49N4Na7O24. The summed E-state index contributed by atoms with van der Waals surface area (Å²) in [4.78, 5) is 124. The summed E-state index contributed by atoms with van der Waals surface area (Å²) in [6, 6.07) is 0. The van der Waals surface area contributed by atoms with Gasteiger partial charge in [-0.15, -0.1) is 0 Å². The Balaban J connectivity index is -0.0000000851. The van der Waals surface area contributed by atoms with Crippen molar-refractivity contribution in [2.75, 3.05) is 78.5 Å². The van der Waals surface area contributed by atoms with Gasteiger partial charge in [-0.1, -0.05) is 0 Å². The van der Waals surface area contributed by atoms with Crippen molar-refractivity contribution in [3.63, 3.8) is 0 Å². The molecule has 0 aliphatic rings. The van der Waals surface area contributed by atoms with Gasteiger partial charge in [-0.05, 0) is 0 Å². The Bertz CT molecular complexity index is 1270. The van der Waals surface area contributed by atoms with Gasteiger partial charge < -0.3 is 66.8 Å². The summed E-state index contributed by atoms with van der Waals surface area (Å²) in [6.07, 6.45) is -2.77. The number of esters is 1. The molecule has 14 N–H and O–H groups in total. The SMILES string of the molecule is O.O.O=C(O)CN(CCN(CC(=O)O)CC(=O)O)CC(=O)O.O=C(O)CN(CCN(CC(=O)O)CC(=O)OC(CC(=O)O)(CC(=O)O)C(=O)O)CC(=O)O.[NaH].[NaH].[NaH].[NaH].[NaH].[NaH].[NaH]. The van der Waals surface area contributed by atoms with Gasteiger partial charge in [-0.25, -0.2) is 4.79 Å². The topological polar surface area (TPSA) is 475 Å². The second-order valence-corrected chi connectivity index (χ2v) is 10.5. The van der Waals surface area contributed by atoms with Crippen LogP contribution in [0, 0.1) is 0 Å². The van der Waals surface area contributed by atoms with Gasteiger partial charge in [-0.3, -0.25) is 67.5 Å². The summed E-state index contributed by atoms with van der Waals surface area (Å²) in [5, 5.41) is 88.1. The fourth-order valence-corrected chi connectivity index (χ4v) is 4.01. The Kier molecular flexibility index (Phi) is 71.0. The Morgan fingerprint density at radius 3 is 0.656 bits per heavy atom. The standard InChI is InChI=1S/C16H22N2O14.C10H16N2O8.7Na.2H2O.7H/c19-9(20)3-16(15(30)31,4-10(21)22)32-14(29)8-18(7-13(27)28)2-1-17(5-11(23)24)6-12(25)26;13-7(14)3-11(4-8(15)16)1-2-12(5-9(17)18)6-10(19)20;;;;;;;;;;;;;;;;/h1-8H2,(H,19,20)(H,21,22)(H,23,24)(H,25,26)(H,27,28)(H,30,31);1-6H2,(H,13,14)(H,15,16)(H,17,18)(H,19,20);;;;;;;;2*1H2;;;;;;;. The van der Waals surface area contributed by atoms with Gasteiger partial charge in [0.15, 0.2) is 0 Å². The van der Waals surface area contributed by atoms with Crippen molar-refractivity contribution in [3.8, 4) is 0 Å². The Hall–Kier alpha value is 0.930.